The van der Waals surface area contributed by atoms with Gasteiger partial charge in [-0.1, -0.05) is 37.3 Å². The molecule has 1 aromatic carbocycles. The predicted octanol–water partition coefficient (Wildman–Crippen LogP) is 1.73. The minimum absolute atomic E-state index is 0.00279. The molecule has 0 saturated heterocycles. The van der Waals surface area contributed by atoms with Crippen LogP contribution in [0.1, 0.15) is 24.9 Å². The van der Waals surface area contributed by atoms with Crippen LogP contribution in [-0.2, 0) is 11.3 Å². The molecule has 1 heterocycles. The lowest BCUT2D eigenvalue weighted by molar-refractivity contribution is -0.125. The van der Waals surface area contributed by atoms with E-state index >= 15 is 0 Å². The maximum atomic E-state index is 12.1. The Bertz CT molecular complexity index is 539. The summed E-state index contributed by atoms with van der Waals surface area (Å²) in [6.07, 6.45) is 6.31. The van der Waals surface area contributed by atoms with Gasteiger partial charge in [0.15, 0.2) is 0 Å². The minimum Gasteiger partial charge on any atom is -0.356 e. The quantitative estimate of drug-likeness (QED) is 0.761. The molecule has 5 heteroatoms. The lowest BCUT2D eigenvalue weighted by Crippen LogP contribution is -2.36. The molecule has 0 saturated carbocycles. The molecule has 1 aromatic heterocycles. The smallest absolute Gasteiger partial charge is 0.224 e. The molecule has 0 spiro atoms. The van der Waals surface area contributed by atoms with E-state index in [9.17, 15) is 4.79 Å². The van der Waals surface area contributed by atoms with E-state index in [1.807, 2.05) is 48.0 Å². The number of hydrogen-bond donors (Lipinski definition) is 2. The summed E-state index contributed by atoms with van der Waals surface area (Å²) < 4.78 is 1.99. The number of amides is 1. The second-order valence-corrected chi connectivity index (χ2v) is 5.17. The Morgan fingerprint density at radius 2 is 2.14 bits per heavy atom. The van der Waals surface area contributed by atoms with Gasteiger partial charge in [-0.25, -0.2) is 4.98 Å². The molecule has 2 aromatic rings. The molecule has 0 fully saturated rings. The molecule has 2 unspecified atom stereocenters. The van der Waals surface area contributed by atoms with Gasteiger partial charge < -0.3 is 15.6 Å². The number of carbonyl (C=O) groups excluding carboxylic acids is 1. The van der Waals surface area contributed by atoms with Gasteiger partial charge in [-0.2, -0.15) is 0 Å². The molecule has 3 N–H and O–H groups in total. The highest BCUT2D eigenvalue weighted by Crippen LogP contribution is 2.18. The maximum Gasteiger partial charge on any atom is 0.224 e. The Morgan fingerprint density at radius 1 is 1.38 bits per heavy atom. The molecule has 0 bridgehead atoms. The fourth-order valence-electron chi connectivity index (χ4n) is 2.18. The number of aromatic nitrogens is 2. The van der Waals surface area contributed by atoms with Gasteiger partial charge in [-0.3, -0.25) is 4.79 Å². The number of nitrogens with zero attached hydrogens (tertiary/aromatic N) is 2. The van der Waals surface area contributed by atoms with Crippen LogP contribution in [0.15, 0.2) is 49.1 Å². The number of carbonyl (C=O) groups is 1. The van der Waals surface area contributed by atoms with Crippen molar-refractivity contribution in [3.05, 3.63) is 54.6 Å². The highest BCUT2D eigenvalue weighted by molar-refractivity contribution is 5.79. The van der Waals surface area contributed by atoms with E-state index in [0.717, 1.165) is 18.5 Å². The second kappa shape index (κ2) is 7.59. The largest absolute Gasteiger partial charge is 0.356 e. The number of imidazole rings is 1. The molecule has 1 amide bonds. The Morgan fingerprint density at radius 3 is 2.81 bits per heavy atom. The standard InChI is InChI=1S/C16H22N4O/c1-13(15(17)14-6-3-2-4-7-14)16(21)19-8-5-10-20-11-9-18-12-20/h2-4,6-7,9,11-13,15H,5,8,10,17H2,1H3,(H,19,21). The first-order valence-corrected chi connectivity index (χ1v) is 7.22. The van der Waals surface area contributed by atoms with Crippen LogP contribution >= 0.6 is 0 Å². The average Bonchev–Trinajstić information content (AvgIpc) is 3.04. The van der Waals surface area contributed by atoms with Crippen LogP contribution in [0, 0.1) is 5.92 Å². The van der Waals surface area contributed by atoms with Crippen LogP contribution in [0.25, 0.3) is 0 Å². The van der Waals surface area contributed by atoms with Gasteiger partial charge in [0, 0.05) is 31.5 Å². The number of nitrogens with one attached hydrogen (secondary N) is 1. The summed E-state index contributed by atoms with van der Waals surface area (Å²) in [5.41, 5.74) is 7.13. The first-order valence-electron chi connectivity index (χ1n) is 7.22. The van der Waals surface area contributed by atoms with Crippen LogP contribution in [-0.4, -0.2) is 22.0 Å². The van der Waals surface area contributed by atoms with E-state index in [0.29, 0.717) is 6.54 Å². The molecular formula is C16H22N4O. The van der Waals surface area contributed by atoms with E-state index in [1.165, 1.54) is 0 Å². The van der Waals surface area contributed by atoms with Crippen LogP contribution in [0.5, 0.6) is 0 Å². The van der Waals surface area contributed by atoms with Crippen molar-refractivity contribution in [3.63, 3.8) is 0 Å². The molecule has 0 radical (unpaired) electrons. The molecule has 2 atom stereocenters. The highest BCUT2D eigenvalue weighted by Gasteiger charge is 2.21. The zero-order valence-corrected chi connectivity index (χ0v) is 12.3. The number of nitrogens with two attached hydrogens (primary N) is 1. The number of hydrogen-bond acceptors (Lipinski definition) is 3. The van der Waals surface area contributed by atoms with Crippen molar-refractivity contribution >= 4 is 5.91 Å². The maximum absolute atomic E-state index is 12.1. The summed E-state index contributed by atoms with van der Waals surface area (Å²) in [6, 6.07) is 9.44. The summed E-state index contributed by atoms with van der Waals surface area (Å²) in [5, 5.41) is 2.94. The number of rotatable bonds is 7. The van der Waals surface area contributed by atoms with E-state index < -0.39 is 0 Å². The Balaban J connectivity index is 1.74. The van der Waals surface area contributed by atoms with Crippen LogP contribution in [0.3, 0.4) is 0 Å². The zero-order chi connectivity index (χ0) is 15.1. The second-order valence-electron chi connectivity index (χ2n) is 5.17. The van der Waals surface area contributed by atoms with Crippen molar-refractivity contribution < 1.29 is 4.79 Å². The van der Waals surface area contributed by atoms with Crippen LogP contribution < -0.4 is 11.1 Å². The van der Waals surface area contributed by atoms with Crippen molar-refractivity contribution in [2.24, 2.45) is 11.7 Å². The Labute approximate surface area is 125 Å². The lowest BCUT2D eigenvalue weighted by atomic mass is 9.95. The van der Waals surface area contributed by atoms with Gasteiger partial charge in [0.25, 0.3) is 0 Å². The van der Waals surface area contributed by atoms with Gasteiger partial charge in [-0.15, -0.1) is 0 Å². The fourth-order valence-corrected chi connectivity index (χ4v) is 2.18. The number of benzene rings is 1. The molecular weight excluding hydrogens is 264 g/mol. The molecule has 2 rings (SSSR count). The van der Waals surface area contributed by atoms with Gasteiger partial charge >= 0.3 is 0 Å². The fraction of sp³-hybridized carbons (Fsp3) is 0.375. The van der Waals surface area contributed by atoms with Crippen molar-refractivity contribution in [2.75, 3.05) is 6.54 Å². The monoisotopic (exact) mass is 286 g/mol. The van der Waals surface area contributed by atoms with Crippen molar-refractivity contribution in [1.82, 2.24) is 14.9 Å². The molecule has 0 aliphatic carbocycles. The third-order valence-corrected chi connectivity index (χ3v) is 3.59. The first kappa shape index (κ1) is 15.3. The zero-order valence-electron chi connectivity index (χ0n) is 12.3. The van der Waals surface area contributed by atoms with Crippen LogP contribution in [0.4, 0.5) is 0 Å². The Hall–Kier alpha value is -2.14. The third-order valence-electron chi connectivity index (χ3n) is 3.59. The summed E-state index contributed by atoms with van der Waals surface area (Å²) in [6.45, 7) is 3.35. The third kappa shape index (κ3) is 4.43. The van der Waals surface area contributed by atoms with Gasteiger partial charge in [0.1, 0.15) is 0 Å². The first-order chi connectivity index (χ1) is 10.2. The van der Waals surface area contributed by atoms with Gasteiger partial charge in [-0.05, 0) is 12.0 Å². The van der Waals surface area contributed by atoms with E-state index in [4.69, 9.17) is 5.73 Å². The highest BCUT2D eigenvalue weighted by atomic mass is 16.1. The van der Waals surface area contributed by atoms with Crippen molar-refractivity contribution in [3.8, 4) is 0 Å². The molecule has 112 valence electrons. The van der Waals surface area contributed by atoms with Gasteiger partial charge in [0.05, 0.1) is 12.2 Å². The Kier molecular flexibility index (Phi) is 5.51. The molecule has 21 heavy (non-hydrogen) atoms. The summed E-state index contributed by atoms with van der Waals surface area (Å²) in [7, 11) is 0. The van der Waals surface area contributed by atoms with E-state index in [1.54, 1.807) is 12.5 Å². The minimum atomic E-state index is -0.278. The molecule has 5 nitrogen and oxygen atoms in total. The van der Waals surface area contributed by atoms with Gasteiger partial charge in [0.2, 0.25) is 5.91 Å². The lowest BCUT2D eigenvalue weighted by Gasteiger charge is -2.19. The topological polar surface area (TPSA) is 72.9 Å². The summed E-state index contributed by atoms with van der Waals surface area (Å²) >= 11 is 0. The normalized spacial score (nSPS) is 13.6. The van der Waals surface area contributed by atoms with Crippen molar-refractivity contribution in [1.29, 1.82) is 0 Å². The SMILES string of the molecule is CC(C(=O)NCCCn1ccnc1)C(N)c1ccccc1. The van der Waals surface area contributed by atoms with E-state index in [-0.39, 0.29) is 17.9 Å². The average molecular weight is 286 g/mol. The molecule has 0 aliphatic rings. The van der Waals surface area contributed by atoms with Crippen molar-refractivity contribution in [2.45, 2.75) is 25.9 Å². The number of aryl methyl sites for hydroxylation is 1. The van der Waals surface area contributed by atoms with E-state index in [2.05, 4.69) is 10.3 Å². The summed E-state index contributed by atoms with van der Waals surface area (Å²) in [5.74, 6) is -0.252. The predicted molar refractivity (Wildman–Crippen MR) is 82.4 cm³/mol. The molecule has 0 aliphatic heterocycles. The van der Waals surface area contributed by atoms with Crippen LogP contribution in [0.2, 0.25) is 0 Å². The summed E-state index contributed by atoms with van der Waals surface area (Å²) in [4.78, 5) is 16.1.